The quantitative estimate of drug-likeness (QED) is 0.149. The van der Waals surface area contributed by atoms with E-state index in [4.69, 9.17) is 14.3 Å². The molecule has 0 aliphatic heterocycles. The number of imidazole rings is 1. The van der Waals surface area contributed by atoms with Gasteiger partial charge in [-0.3, -0.25) is 0 Å². The Balaban J connectivity index is 1.61. The van der Waals surface area contributed by atoms with Gasteiger partial charge in [0.15, 0.2) is 0 Å². The van der Waals surface area contributed by atoms with Crippen molar-refractivity contribution in [1.82, 2.24) is 9.55 Å². The molecular formula is C26H39N3O3. The van der Waals surface area contributed by atoms with E-state index in [1.807, 2.05) is 30.7 Å². The van der Waals surface area contributed by atoms with Crippen LogP contribution in [0.15, 0.2) is 35.8 Å². The van der Waals surface area contributed by atoms with Crippen LogP contribution in [0.4, 0.5) is 0 Å². The lowest BCUT2D eigenvalue weighted by atomic mass is 9.96. The Bertz CT molecular complexity index is 848. The highest BCUT2D eigenvalue weighted by molar-refractivity contribution is 5.79. The molecule has 6 heteroatoms. The second-order valence-corrected chi connectivity index (χ2v) is 8.10. The van der Waals surface area contributed by atoms with E-state index in [1.165, 1.54) is 55.9 Å². The number of oxime groups is 1. The molecule has 2 aromatic rings. The molecule has 1 aromatic carbocycles. The van der Waals surface area contributed by atoms with Crippen molar-refractivity contribution in [3.8, 4) is 11.6 Å². The highest BCUT2D eigenvalue weighted by atomic mass is 16.6. The first kappa shape index (κ1) is 25.5. The molecule has 0 saturated heterocycles. The van der Waals surface area contributed by atoms with Crippen LogP contribution in [0.3, 0.4) is 0 Å². The fourth-order valence-electron chi connectivity index (χ4n) is 3.76. The molecule has 0 amide bonds. The summed E-state index contributed by atoms with van der Waals surface area (Å²) >= 11 is 0. The number of benzene rings is 1. The van der Waals surface area contributed by atoms with Crippen LogP contribution in [0.1, 0.15) is 67.8 Å². The lowest BCUT2D eigenvalue weighted by molar-refractivity contribution is 0.215. The maximum Gasteiger partial charge on any atom is 0.222 e. The molecule has 1 heterocycles. The van der Waals surface area contributed by atoms with Crippen LogP contribution >= 0.6 is 0 Å². The first-order valence-corrected chi connectivity index (χ1v) is 11.6. The van der Waals surface area contributed by atoms with Gasteiger partial charge in [0.1, 0.15) is 25.2 Å². The van der Waals surface area contributed by atoms with Crippen LogP contribution < -0.4 is 9.47 Å². The summed E-state index contributed by atoms with van der Waals surface area (Å²) in [5, 5.41) is 3.76. The van der Waals surface area contributed by atoms with E-state index in [1.54, 1.807) is 12.5 Å². The lowest BCUT2D eigenvalue weighted by Crippen LogP contribution is -2.03. The SMILES string of the molecule is C/C=C/COc1cc(C)c(CCCCCCCCOc2c(/C=N/OC)ncn2C)c(C)c1. The van der Waals surface area contributed by atoms with Gasteiger partial charge in [0.05, 0.1) is 19.1 Å². The predicted molar refractivity (Wildman–Crippen MR) is 131 cm³/mol. The first-order chi connectivity index (χ1) is 15.6. The largest absolute Gasteiger partial charge is 0.490 e. The zero-order chi connectivity index (χ0) is 23.2. The highest BCUT2D eigenvalue weighted by Crippen LogP contribution is 2.24. The second-order valence-electron chi connectivity index (χ2n) is 8.10. The minimum Gasteiger partial charge on any atom is -0.490 e. The fraction of sp³-hybridized carbons (Fsp3) is 0.538. The fourth-order valence-corrected chi connectivity index (χ4v) is 3.76. The molecule has 32 heavy (non-hydrogen) atoms. The third-order valence-electron chi connectivity index (χ3n) is 5.50. The minimum atomic E-state index is 0.630. The summed E-state index contributed by atoms with van der Waals surface area (Å²) in [6, 6.07) is 4.33. The number of aryl methyl sites for hydroxylation is 3. The van der Waals surface area contributed by atoms with Gasteiger partial charge in [-0.15, -0.1) is 0 Å². The van der Waals surface area contributed by atoms with Crippen LogP contribution in [0.5, 0.6) is 11.6 Å². The second kappa shape index (κ2) is 14.3. The van der Waals surface area contributed by atoms with Gasteiger partial charge in [-0.05, 0) is 68.9 Å². The van der Waals surface area contributed by atoms with Crippen LogP contribution in [0.2, 0.25) is 0 Å². The summed E-state index contributed by atoms with van der Waals surface area (Å²) in [4.78, 5) is 8.98. The van der Waals surface area contributed by atoms with E-state index in [0.717, 1.165) is 24.5 Å². The molecule has 0 unspecified atom stereocenters. The Morgan fingerprint density at radius 1 is 1.00 bits per heavy atom. The molecule has 2 rings (SSSR count). The predicted octanol–water partition coefficient (Wildman–Crippen LogP) is 5.93. The number of unbranched alkanes of at least 4 members (excludes halogenated alkanes) is 5. The smallest absolute Gasteiger partial charge is 0.222 e. The molecular weight excluding hydrogens is 402 g/mol. The molecule has 176 valence electrons. The summed E-state index contributed by atoms with van der Waals surface area (Å²) in [5.41, 5.74) is 4.84. The number of hydrogen-bond donors (Lipinski definition) is 0. The number of allylic oxidation sites excluding steroid dienone is 1. The van der Waals surface area contributed by atoms with E-state index >= 15 is 0 Å². The van der Waals surface area contributed by atoms with Crippen molar-refractivity contribution in [3.05, 3.63) is 53.0 Å². The van der Waals surface area contributed by atoms with Gasteiger partial charge in [-0.25, -0.2) is 4.98 Å². The minimum absolute atomic E-state index is 0.630. The van der Waals surface area contributed by atoms with Gasteiger partial charge in [0.2, 0.25) is 5.88 Å². The van der Waals surface area contributed by atoms with Gasteiger partial charge in [-0.2, -0.15) is 0 Å². The Hall–Kier alpha value is -2.76. The van der Waals surface area contributed by atoms with Crippen molar-refractivity contribution >= 4 is 6.21 Å². The topological polar surface area (TPSA) is 57.9 Å². The van der Waals surface area contributed by atoms with Crippen LogP contribution in [0, 0.1) is 13.8 Å². The standard InChI is InChI=1S/C26H39N3O3/c1-6-7-15-31-23-17-21(2)24(22(3)18-23)14-12-10-8-9-11-13-16-32-26-25(19-28-30-5)27-20-29(26)4/h6-7,17-20H,8-16H2,1-5H3/b7-6+,28-19+. The maximum atomic E-state index is 5.90. The van der Waals surface area contributed by atoms with Crippen LogP contribution in [-0.4, -0.2) is 36.1 Å². The summed E-state index contributed by atoms with van der Waals surface area (Å²) in [7, 11) is 3.43. The number of hydrogen-bond acceptors (Lipinski definition) is 5. The van der Waals surface area contributed by atoms with Gasteiger partial charge in [0, 0.05) is 7.05 Å². The summed E-state index contributed by atoms with van der Waals surface area (Å²) < 4.78 is 13.6. The zero-order valence-electron chi connectivity index (χ0n) is 20.4. The third kappa shape index (κ3) is 8.40. The first-order valence-electron chi connectivity index (χ1n) is 11.6. The normalized spacial score (nSPS) is 11.5. The molecule has 0 atom stereocenters. The van der Waals surface area contributed by atoms with Gasteiger partial charge in [-0.1, -0.05) is 43.0 Å². The molecule has 0 saturated carbocycles. The maximum absolute atomic E-state index is 5.90. The zero-order valence-corrected chi connectivity index (χ0v) is 20.4. The Labute approximate surface area is 193 Å². The Morgan fingerprint density at radius 2 is 1.69 bits per heavy atom. The van der Waals surface area contributed by atoms with Crippen molar-refractivity contribution in [2.45, 2.75) is 65.7 Å². The summed E-state index contributed by atoms with van der Waals surface area (Å²) in [6.45, 7) is 7.72. The van der Waals surface area contributed by atoms with Gasteiger partial charge in [0.25, 0.3) is 0 Å². The molecule has 0 N–H and O–H groups in total. The molecule has 0 spiro atoms. The monoisotopic (exact) mass is 441 g/mol. The number of ether oxygens (including phenoxy) is 2. The van der Waals surface area contributed by atoms with Crippen LogP contribution in [0.25, 0.3) is 0 Å². The van der Waals surface area contributed by atoms with Crippen molar-refractivity contribution in [3.63, 3.8) is 0 Å². The molecule has 0 radical (unpaired) electrons. The number of aromatic nitrogens is 2. The lowest BCUT2D eigenvalue weighted by Gasteiger charge is -2.13. The molecule has 0 bridgehead atoms. The molecule has 0 aliphatic carbocycles. The molecule has 0 fully saturated rings. The highest BCUT2D eigenvalue weighted by Gasteiger charge is 2.09. The number of rotatable bonds is 15. The number of nitrogens with zero attached hydrogens (tertiary/aromatic N) is 3. The third-order valence-corrected chi connectivity index (χ3v) is 5.50. The van der Waals surface area contributed by atoms with E-state index in [-0.39, 0.29) is 0 Å². The van der Waals surface area contributed by atoms with E-state index < -0.39 is 0 Å². The van der Waals surface area contributed by atoms with Crippen LogP contribution in [-0.2, 0) is 18.3 Å². The van der Waals surface area contributed by atoms with E-state index in [2.05, 4.69) is 36.1 Å². The van der Waals surface area contributed by atoms with E-state index in [0.29, 0.717) is 18.9 Å². The molecule has 0 aliphatic rings. The Morgan fingerprint density at radius 3 is 2.38 bits per heavy atom. The van der Waals surface area contributed by atoms with Gasteiger partial charge < -0.3 is 18.9 Å². The molecule has 6 nitrogen and oxygen atoms in total. The summed E-state index contributed by atoms with van der Waals surface area (Å²) in [5.74, 6) is 1.70. The van der Waals surface area contributed by atoms with Crippen molar-refractivity contribution in [2.24, 2.45) is 12.2 Å². The average Bonchev–Trinajstić information content (AvgIpc) is 3.12. The Kier molecular flexibility index (Phi) is 11.4. The average molecular weight is 442 g/mol. The van der Waals surface area contributed by atoms with Crippen molar-refractivity contribution < 1.29 is 14.3 Å². The van der Waals surface area contributed by atoms with Crippen molar-refractivity contribution in [2.75, 3.05) is 20.3 Å². The van der Waals surface area contributed by atoms with E-state index in [9.17, 15) is 0 Å². The van der Waals surface area contributed by atoms with Crippen molar-refractivity contribution in [1.29, 1.82) is 0 Å². The molecule has 1 aromatic heterocycles. The van der Waals surface area contributed by atoms with Gasteiger partial charge >= 0.3 is 0 Å². The summed E-state index contributed by atoms with van der Waals surface area (Å²) in [6.07, 6.45) is 15.7.